The minimum Gasteiger partial charge on any atom is -0.497 e. The zero-order chi connectivity index (χ0) is 23.4. The Bertz CT molecular complexity index is 1110. The summed E-state index contributed by atoms with van der Waals surface area (Å²) in [5, 5.41) is 0. The molecular formula is C24H24F3N3O3. The molecule has 6 nitrogen and oxygen atoms in total. The van der Waals surface area contributed by atoms with Crippen molar-refractivity contribution in [3.05, 3.63) is 66.2 Å². The first-order valence-electron chi connectivity index (χ1n) is 10.6. The Morgan fingerprint density at radius 2 is 1.85 bits per heavy atom. The summed E-state index contributed by atoms with van der Waals surface area (Å²) in [6, 6.07) is 12.7. The van der Waals surface area contributed by atoms with Crippen molar-refractivity contribution in [2.24, 2.45) is 0 Å². The number of methoxy groups -OCH3 is 1. The molecule has 0 N–H and O–H groups in total. The molecule has 1 saturated heterocycles. The van der Waals surface area contributed by atoms with Crippen molar-refractivity contribution >= 4 is 11.6 Å². The Hall–Kier alpha value is -3.49. The molecule has 1 amide bonds. The van der Waals surface area contributed by atoms with E-state index in [1.807, 2.05) is 29.2 Å². The molecule has 4 rings (SSSR count). The fourth-order valence-electron chi connectivity index (χ4n) is 3.80. The molecule has 1 aliphatic rings. The number of rotatable bonds is 6. The lowest BCUT2D eigenvalue weighted by Crippen LogP contribution is -2.48. The van der Waals surface area contributed by atoms with Gasteiger partial charge in [-0.2, -0.15) is 13.2 Å². The zero-order valence-electron chi connectivity index (χ0n) is 18.1. The van der Waals surface area contributed by atoms with Crippen molar-refractivity contribution in [2.75, 3.05) is 38.2 Å². The van der Waals surface area contributed by atoms with Crippen LogP contribution in [-0.2, 0) is 17.4 Å². The molecule has 3 aromatic rings. The van der Waals surface area contributed by atoms with E-state index in [0.717, 1.165) is 17.7 Å². The van der Waals surface area contributed by atoms with Crippen LogP contribution >= 0.6 is 0 Å². The second-order valence-electron chi connectivity index (χ2n) is 7.77. The molecule has 0 atom stereocenters. The molecule has 1 fully saturated rings. The molecule has 0 unspecified atom stereocenters. The molecule has 2 aromatic carbocycles. The number of nitrogens with zero attached hydrogens (tertiary/aromatic N) is 3. The van der Waals surface area contributed by atoms with Gasteiger partial charge in [0.05, 0.1) is 18.9 Å². The average Bonchev–Trinajstić information content (AvgIpc) is 3.31. The summed E-state index contributed by atoms with van der Waals surface area (Å²) in [6.07, 6.45) is -2.12. The smallest absolute Gasteiger partial charge is 0.416 e. The minimum atomic E-state index is -4.37. The molecular weight excluding hydrogens is 435 g/mol. The zero-order valence-corrected chi connectivity index (χ0v) is 18.1. The van der Waals surface area contributed by atoms with Crippen LogP contribution < -0.4 is 9.64 Å². The maximum atomic E-state index is 13.0. The maximum Gasteiger partial charge on any atom is 0.416 e. The van der Waals surface area contributed by atoms with Gasteiger partial charge < -0.3 is 19.0 Å². The summed E-state index contributed by atoms with van der Waals surface area (Å²) < 4.78 is 49.9. The average molecular weight is 459 g/mol. The predicted octanol–water partition coefficient (Wildman–Crippen LogP) is 4.65. The van der Waals surface area contributed by atoms with Crippen LogP contribution in [0.5, 0.6) is 5.75 Å². The Labute approximate surface area is 189 Å². The van der Waals surface area contributed by atoms with E-state index in [1.165, 1.54) is 6.07 Å². The standard InChI is InChI=1S/C24H24F3N3O3/c1-32-20-7-2-4-17(14-20)21-16-28-22(33-21)8-9-23(31)30-12-10-29(11-13-30)19-6-3-5-18(15-19)24(25,26)27/h2-7,14-16H,8-13H2,1H3. The molecule has 2 heterocycles. The van der Waals surface area contributed by atoms with Gasteiger partial charge in [-0.3, -0.25) is 4.79 Å². The highest BCUT2D eigenvalue weighted by Gasteiger charge is 2.31. The van der Waals surface area contributed by atoms with E-state index >= 15 is 0 Å². The molecule has 0 spiro atoms. The van der Waals surface area contributed by atoms with Gasteiger partial charge in [-0.25, -0.2) is 4.98 Å². The van der Waals surface area contributed by atoms with Crippen molar-refractivity contribution < 1.29 is 27.1 Å². The number of aryl methyl sites for hydroxylation is 1. The summed E-state index contributed by atoms with van der Waals surface area (Å²) in [5.41, 5.74) is 0.685. The van der Waals surface area contributed by atoms with Gasteiger partial charge in [-0.1, -0.05) is 18.2 Å². The summed E-state index contributed by atoms with van der Waals surface area (Å²) >= 11 is 0. The van der Waals surface area contributed by atoms with Gasteiger partial charge in [0.25, 0.3) is 0 Å². The summed E-state index contributed by atoms with van der Waals surface area (Å²) in [4.78, 5) is 20.5. The number of carbonyl (C=O) groups excluding carboxylic acids is 1. The van der Waals surface area contributed by atoms with Crippen molar-refractivity contribution in [3.63, 3.8) is 0 Å². The number of oxazole rings is 1. The molecule has 1 aromatic heterocycles. The number of carbonyl (C=O) groups is 1. The van der Waals surface area contributed by atoms with Crippen LogP contribution in [0.2, 0.25) is 0 Å². The summed E-state index contributed by atoms with van der Waals surface area (Å²) in [7, 11) is 1.59. The summed E-state index contributed by atoms with van der Waals surface area (Å²) in [6.45, 7) is 1.86. The number of hydrogen-bond acceptors (Lipinski definition) is 5. The number of amides is 1. The number of aromatic nitrogens is 1. The van der Waals surface area contributed by atoms with Crippen LogP contribution in [-0.4, -0.2) is 49.1 Å². The Morgan fingerprint density at radius 3 is 2.58 bits per heavy atom. The van der Waals surface area contributed by atoms with Gasteiger partial charge in [0.1, 0.15) is 5.75 Å². The molecule has 1 aliphatic heterocycles. The van der Waals surface area contributed by atoms with E-state index in [0.29, 0.717) is 55.7 Å². The van der Waals surface area contributed by atoms with E-state index in [9.17, 15) is 18.0 Å². The van der Waals surface area contributed by atoms with Crippen molar-refractivity contribution in [3.8, 4) is 17.1 Å². The lowest BCUT2D eigenvalue weighted by atomic mass is 10.1. The summed E-state index contributed by atoms with van der Waals surface area (Å²) in [5.74, 6) is 1.76. The number of benzene rings is 2. The van der Waals surface area contributed by atoms with E-state index in [1.54, 1.807) is 24.3 Å². The lowest BCUT2D eigenvalue weighted by Gasteiger charge is -2.36. The lowest BCUT2D eigenvalue weighted by molar-refractivity contribution is -0.137. The van der Waals surface area contributed by atoms with Gasteiger partial charge in [-0.05, 0) is 30.3 Å². The topological polar surface area (TPSA) is 58.8 Å². The number of ether oxygens (including phenoxy) is 1. The fraction of sp³-hybridized carbons (Fsp3) is 0.333. The number of piperazine rings is 1. The van der Waals surface area contributed by atoms with E-state index in [4.69, 9.17) is 9.15 Å². The predicted molar refractivity (Wildman–Crippen MR) is 117 cm³/mol. The largest absolute Gasteiger partial charge is 0.497 e. The van der Waals surface area contributed by atoms with Crippen LogP contribution in [0.4, 0.5) is 18.9 Å². The number of halogens is 3. The molecule has 0 aliphatic carbocycles. The van der Waals surface area contributed by atoms with Gasteiger partial charge in [-0.15, -0.1) is 0 Å². The highest BCUT2D eigenvalue weighted by molar-refractivity contribution is 5.76. The highest BCUT2D eigenvalue weighted by Crippen LogP contribution is 2.32. The SMILES string of the molecule is COc1cccc(-c2cnc(CCC(=O)N3CCN(c4cccc(C(F)(F)F)c4)CC3)o2)c1. The first-order valence-corrected chi connectivity index (χ1v) is 10.6. The van der Waals surface area contributed by atoms with E-state index < -0.39 is 11.7 Å². The fourth-order valence-corrected chi connectivity index (χ4v) is 3.80. The third-order valence-electron chi connectivity index (χ3n) is 5.63. The highest BCUT2D eigenvalue weighted by atomic mass is 19.4. The second-order valence-corrected chi connectivity index (χ2v) is 7.77. The van der Waals surface area contributed by atoms with Crippen molar-refractivity contribution in [1.29, 1.82) is 0 Å². The molecule has 0 saturated carbocycles. The molecule has 9 heteroatoms. The third-order valence-corrected chi connectivity index (χ3v) is 5.63. The van der Waals surface area contributed by atoms with Crippen molar-refractivity contribution in [1.82, 2.24) is 9.88 Å². The van der Waals surface area contributed by atoms with Crippen LogP contribution in [0.1, 0.15) is 17.9 Å². The van der Waals surface area contributed by atoms with Gasteiger partial charge in [0.15, 0.2) is 11.7 Å². The van der Waals surface area contributed by atoms with E-state index in [-0.39, 0.29) is 12.3 Å². The molecule has 174 valence electrons. The van der Waals surface area contributed by atoms with Crippen LogP contribution in [0.3, 0.4) is 0 Å². The van der Waals surface area contributed by atoms with Crippen LogP contribution in [0.25, 0.3) is 11.3 Å². The van der Waals surface area contributed by atoms with Gasteiger partial charge in [0, 0.05) is 50.3 Å². The third kappa shape index (κ3) is 5.47. The monoisotopic (exact) mass is 459 g/mol. The van der Waals surface area contributed by atoms with Gasteiger partial charge >= 0.3 is 6.18 Å². The first kappa shape index (κ1) is 22.7. The minimum absolute atomic E-state index is 0.0279. The van der Waals surface area contributed by atoms with Crippen molar-refractivity contribution in [2.45, 2.75) is 19.0 Å². The first-order chi connectivity index (χ1) is 15.8. The van der Waals surface area contributed by atoms with E-state index in [2.05, 4.69) is 4.98 Å². The molecule has 33 heavy (non-hydrogen) atoms. The second kappa shape index (κ2) is 9.56. The number of alkyl halides is 3. The number of anilines is 1. The normalized spacial score (nSPS) is 14.4. The Morgan fingerprint density at radius 1 is 1.09 bits per heavy atom. The Balaban J connectivity index is 1.29. The van der Waals surface area contributed by atoms with Crippen LogP contribution in [0.15, 0.2) is 59.1 Å². The van der Waals surface area contributed by atoms with Crippen LogP contribution in [0, 0.1) is 0 Å². The van der Waals surface area contributed by atoms with Gasteiger partial charge in [0.2, 0.25) is 5.91 Å². The molecule has 0 radical (unpaired) electrons. The maximum absolute atomic E-state index is 13.0. The Kier molecular flexibility index (Phi) is 6.57. The molecule has 0 bridgehead atoms. The quantitative estimate of drug-likeness (QED) is 0.537. The number of hydrogen-bond donors (Lipinski definition) is 0.